The third kappa shape index (κ3) is 4.59. The van der Waals surface area contributed by atoms with Gasteiger partial charge in [0, 0.05) is 25.8 Å². The molecule has 1 N–H and O–H groups in total. The molecule has 8 heteroatoms. The molecule has 0 amide bonds. The fraction of sp³-hybridized carbons (Fsp3) is 0.542. The largest absolute Gasteiger partial charge is 0.481 e. The molecule has 0 saturated carbocycles. The highest BCUT2D eigenvalue weighted by atomic mass is 16.7. The maximum Gasteiger partial charge on any atom is 0.309 e. The van der Waals surface area contributed by atoms with Gasteiger partial charge in [-0.25, -0.2) is 4.98 Å². The predicted octanol–water partition coefficient (Wildman–Crippen LogP) is 4.26. The van der Waals surface area contributed by atoms with Gasteiger partial charge in [0.2, 0.25) is 12.7 Å². The maximum absolute atomic E-state index is 12.1. The SMILES string of the molecule is CCCCN(CCCC)c1nccc(N2CCC(C(=O)O)C2c2ccc3c(c2)OCO3)n1. The average molecular weight is 441 g/mol. The van der Waals surface area contributed by atoms with Crippen LogP contribution in [0.5, 0.6) is 11.5 Å². The van der Waals surface area contributed by atoms with Gasteiger partial charge in [-0.1, -0.05) is 32.8 Å². The quantitative estimate of drug-likeness (QED) is 0.586. The highest BCUT2D eigenvalue weighted by Gasteiger charge is 2.41. The van der Waals surface area contributed by atoms with E-state index in [4.69, 9.17) is 14.5 Å². The molecule has 2 atom stereocenters. The van der Waals surface area contributed by atoms with Crippen LogP contribution in [0, 0.1) is 5.92 Å². The van der Waals surface area contributed by atoms with E-state index in [0.29, 0.717) is 30.4 Å². The van der Waals surface area contributed by atoms with Crippen molar-refractivity contribution in [3.63, 3.8) is 0 Å². The van der Waals surface area contributed by atoms with E-state index in [2.05, 4.69) is 28.6 Å². The molecule has 2 aliphatic heterocycles. The number of anilines is 2. The molecule has 32 heavy (non-hydrogen) atoms. The second-order valence-electron chi connectivity index (χ2n) is 8.39. The van der Waals surface area contributed by atoms with Crippen LogP contribution in [0.25, 0.3) is 0 Å². The molecule has 0 spiro atoms. The summed E-state index contributed by atoms with van der Waals surface area (Å²) in [4.78, 5) is 25.9. The van der Waals surface area contributed by atoms with Crippen molar-refractivity contribution in [2.24, 2.45) is 5.92 Å². The van der Waals surface area contributed by atoms with Gasteiger partial charge in [0.15, 0.2) is 11.5 Å². The van der Waals surface area contributed by atoms with Gasteiger partial charge < -0.3 is 24.4 Å². The first kappa shape index (κ1) is 22.2. The lowest BCUT2D eigenvalue weighted by molar-refractivity contribution is -0.141. The number of ether oxygens (including phenoxy) is 2. The van der Waals surface area contributed by atoms with Gasteiger partial charge in [0.25, 0.3) is 0 Å². The number of hydrogen-bond acceptors (Lipinski definition) is 7. The van der Waals surface area contributed by atoms with Gasteiger partial charge in [0.05, 0.1) is 12.0 Å². The zero-order valence-electron chi connectivity index (χ0n) is 18.9. The van der Waals surface area contributed by atoms with Crippen LogP contribution in [-0.4, -0.2) is 47.5 Å². The zero-order chi connectivity index (χ0) is 22.5. The van der Waals surface area contributed by atoms with Gasteiger partial charge >= 0.3 is 5.97 Å². The normalized spacial score (nSPS) is 19.4. The Morgan fingerprint density at radius 2 is 1.91 bits per heavy atom. The minimum absolute atomic E-state index is 0.191. The number of rotatable bonds is 10. The summed E-state index contributed by atoms with van der Waals surface area (Å²) in [5.41, 5.74) is 0.896. The lowest BCUT2D eigenvalue weighted by Gasteiger charge is -2.29. The van der Waals surface area contributed by atoms with Crippen LogP contribution in [0.1, 0.15) is 57.6 Å². The van der Waals surface area contributed by atoms with Crippen LogP contribution in [0.4, 0.5) is 11.8 Å². The van der Waals surface area contributed by atoms with Gasteiger partial charge in [-0.15, -0.1) is 0 Å². The Hall–Kier alpha value is -3.03. The van der Waals surface area contributed by atoms with Crippen molar-refractivity contribution in [3.05, 3.63) is 36.0 Å². The number of unbranched alkanes of at least 4 members (excludes halogenated alkanes) is 2. The third-order valence-electron chi connectivity index (χ3n) is 6.22. The van der Waals surface area contributed by atoms with Crippen molar-refractivity contribution in [3.8, 4) is 11.5 Å². The first-order valence-electron chi connectivity index (χ1n) is 11.6. The number of carboxylic acids is 1. The molecule has 172 valence electrons. The predicted molar refractivity (Wildman–Crippen MR) is 122 cm³/mol. The minimum Gasteiger partial charge on any atom is -0.481 e. The van der Waals surface area contributed by atoms with Crippen molar-refractivity contribution < 1.29 is 19.4 Å². The van der Waals surface area contributed by atoms with Crippen LogP contribution in [0.2, 0.25) is 0 Å². The van der Waals surface area contributed by atoms with Crippen LogP contribution in [0.15, 0.2) is 30.5 Å². The van der Waals surface area contributed by atoms with E-state index in [9.17, 15) is 9.90 Å². The van der Waals surface area contributed by atoms with Gasteiger partial charge in [0.1, 0.15) is 5.82 Å². The van der Waals surface area contributed by atoms with Crippen LogP contribution in [0.3, 0.4) is 0 Å². The molecule has 4 rings (SSSR count). The van der Waals surface area contributed by atoms with Crippen LogP contribution >= 0.6 is 0 Å². The summed E-state index contributed by atoms with van der Waals surface area (Å²) in [5.74, 6) is 1.51. The van der Waals surface area contributed by atoms with Crippen molar-refractivity contribution in [1.29, 1.82) is 0 Å². The Bertz CT molecular complexity index is 930. The molecule has 0 bridgehead atoms. The molecule has 2 aliphatic rings. The first-order valence-corrected chi connectivity index (χ1v) is 11.6. The molecule has 0 radical (unpaired) electrons. The number of aromatic nitrogens is 2. The van der Waals surface area contributed by atoms with E-state index in [1.807, 2.05) is 24.3 Å². The molecule has 1 aromatic heterocycles. The van der Waals surface area contributed by atoms with Crippen molar-refractivity contribution in [1.82, 2.24) is 9.97 Å². The molecule has 0 aliphatic carbocycles. The molecular weight excluding hydrogens is 408 g/mol. The smallest absolute Gasteiger partial charge is 0.309 e. The summed E-state index contributed by atoms with van der Waals surface area (Å²) in [6, 6.07) is 7.24. The van der Waals surface area contributed by atoms with Crippen LogP contribution in [-0.2, 0) is 4.79 Å². The Morgan fingerprint density at radius 3 is 2.62 bits per heavy atom. The maximum atomic E-state index is 12.1. The Balaban J connectivity index is 1.65. The monoisotopic (exact) mass is 440 g/mol. The second-order valence-corrected chi connectivity index (χ2v) is 8.39. The number of fused-ring (bicyclic) bond motifs is 1. The Kier molecular flexibility index (Phi) is 6.97. The fourth-order valence-electron chi connectivity index (χ4n) is 4.48. The van der Waals surface area contributed by atoms with E-state index in [1.165, 1.54) is 0 Å². The molecular formula is C24H32N4O4. The Labute approximate surface area is 189 Å². The van der Waals surface area contributed by atoms with Gasteiger partial charge in [-0.3, -0.25) is 4.79 Å². The molecule has 8 nitrogen and oxygen atoms in total. The minimum atomic E-state index is -0.794. The summed E-state index contributed by atoms with van der Waals surface area (Å²) in [6.07, 6.45) is 6.74. The van der Waals surface area contributed by atoms with Crippen molar-refractivity contribution in [2.45, 2.75) is 52.0 Å². The average Bonchev–Trinajstić information content (AvgIpc) is 3.46. The number of benzene rings is 1. The third-order valence-corrected chi connectivity index (χ3v) is 6.22. The van der Waals surface area contributed by atoms with E-state index in [-0.39, 0.29) is 12.8 Å². The van der Waals surface area contributed by atoms with E-state index in [0.717, 1.165) is 50.2 Å². The first-order chi connectivity index (χ1) is 15.6. The fourth-order valence-corrected chi connectivity index (χ4v) is 4.48. The number of carbonyl (C=O) groups is 1. The van der Waals surface area contributed by atoms with Crippen molar-refractivity contribution in [2.75, 3.05) is 36.2 Å². The zero-order valence-corrected chi connectivity index (χ0v) is 18.9. The van der Waals surface area contributed by atoms with Gasteiger partial charge in [-0.2, -0.15) is 4.98 Å². The lowest BCUT2D eigenvalue weighted by atomic mass is 9.93. The summed E-state index contributed by atoms with van der Waals surface area (Å²) >= 11 is 0. The topological polar surface area (TPSA) is 88.0 Å². The molecule has 1 aromatic carbocycles. The van der Waals surface area contributed by atoms with Gasteiger partial charge in [-0.05, 0) is 43.0 Å². The van der Waals surface area contributed by atoms with E-state index >= 15 is 0 Å². The van der Waals surface area contributed by atoms with E-state index in [1.54, 1.807) is 6.20 Å². The molecule has 3 heterocycles. The summed E-state index contributed by atoms with van der Waals surface area (Å²) in [6.45, 7) is 7.02. The standard InChI is InChI=1S/C24H32N4O4/c1-3-5-12-27(13-6-4-2)24-25-11-9-21(26-24)28-14-10-18(23(29)30)22(28)17-7-8-19-20(15-17)32-16-31-19/h7-9,11,15,18,22H,3-6,10,12-14,16H2,1-2H3,(H,29,30). The molecule has 1 fully saturated rings. The second kappa shape index (κ2) is 10.1. The highest BCUT2D eigenvalue weighted by molar-refractivity contribution is 5.74. The summed E-state index contributed by atoms with van der Waals surface area (Å²) in [7, 11) is 0. The summed E-state index contributed by atoms with van der Waals surface area (Å²) in [5, 5.41) is 9.92. The molecule has 2 aromatic rings. The molecule has 2 unspecified atom stereocenters. The van der Waals surface area contributed by atoms with Crippen molar-refractivity contribution >= 4 is 17.7 Å². The Morgan fingerprint density at radius 1 is 1.16 bits per heavy atom. The highest BCUT2D eigenvalue weighted by Crippen LogP contribution is 2.43. The van der Waals surface area contributed by atoms with Crippen LogP contribution < -0.4 is 19.3 Å². The number of nitrogens with zero attached hydrogens (tertiary/aromatic N) is 4. The molecule has 1 saturated heterocycles. The number of aliphatic carboxylic acids is 1. The summed E-state index contributed by atoms with van der Waals surface area (Å²) < 4.78 is 11.0. The van der Waals surface area contributed by atoms with E-state index < -0.39 is 11.9 Å². The number of carboxylic acid groups (broad SMARTS) is 1. The number of hydrogen-bond donors (Lipinski definition) is 1. The lowest BCUT2D eigenvalue weighted by Crippen LogP contribution is -2.31.